The second-order valence-electron chi connectivity index (χ2n) is 9.77. The average Bonchev–Trinajstić information content (AvgIpc) is 3.21. The molecule has 2 saturated heterocycles. The Balaban J connectivity index is 1.65. The molecule has 0 aliphatic carbocycles. The van der Waals surface area contributed by atoms with Crippen molar-refractivity contribution < 1.29 is 14.4 Å². The first-order chi connectivity index (χ1) is 14.7. The molecular weight excluding hydrogens is 388 g/mol. The van der Waals surface area contributed by atoms with E-state index in [0.29, 0.717) is 5.69 Å². The molecule has 5 rings (SSSR count). The molecule has 3 aliphatic heterocycles. The van der Waals surface area contributed by atoms with E-state index in [-0.39, 0.29) is 23.6 Å². The Hall–Kier alpha value is -3.21. The van der Waals surface area contributed by atoms with Crippen molar-refractivity contribution in [1.29, 1.82) is 0 Å². The summed E-state index contributed by atoms with van der Waals surface area (Å²) in [7, 11) is 0. The van der Waals surface area contributed by atoms with Crippen molar-refractivity contribution >= 4 is 35.0 Å². The highest BCUT2D eigenvalue weighted by atomic mass is 16.2. The SMILES string of the molecule is Cc1ccc(N2C(=O)[C@@H]3[C@H](C2=O)[C@@H](C(=O)C(C)(C)C)N2c4ccccc4C=C[C@@H]32)cc1. The van der Waals surface area contributed by atoms with Gasteiger partial charge in [0.1, 0.15) is 6.04 Å². The minimum absolute atomic E-state index is 0.0120. The molecule has 158 valence electrons. The molecule has 5 heteroatoms. The van der Waals surface area contributed by atoms with Crippen LogP contribution in [0.5, 0.6) is 0 Å². The van der Waals surface area contributed by atoms with Crippen LogP contribution >= 0.6 is 0 Å². The first-order valence-electron chi connectivity index (χ1n) is 10.7. The maximum absolute atomic E-state index is 13.7. The first-order valence-corrected chi connectivity index (χ1v) is 10.7. The van der Waals surface area contributed by atoms with Crippen LogP contribution in [0.1, 0.15) is 31.9 Å². The standard InChI is InChI=1S/C26H26N2O3/c1-15-9-12-17(13-10-15)27-24(30)20-19-14-11-16-7-5-6-8-18(16)28(19)22(21(20)25(27)31)23(29)26(2,3)4/h5-14,19-22H,1-4H3/t19-,20-,21-,22-/m0/s1. The number of Topliss-reactive ketones (excluding diaryl/α,β-unsaturated/α-hetero) is 1. The third kappa shape index (κ3) is 2.79. The Morgan fingerprint density at radius 3 is 2.23 bits per heavy atom. The van der Waals surface area contributed by atoms with Crippen molar-refractivity contribution in [2.45, 2.75) is 39.8 Å². The van der Waals surface area contributed by atoms with E-state index in [4.69, 9.17) is 0 Å². The zero-order valence-electron chi connectivity index (χ0n) is 18.2. The number of anilines is 2. The summed E-state index contributed by atoms with van der Waals surface area (Å²) in [5, 5.41) is 0. The van der Waals surface area contributed by atoms with Crippen LogP contribution in [0.3, 0.4) is 0 Å². The van der Waals surface area contributed by atoms with E-state index in [0.717, 1.165) is 16.8 Å². The molecule has 2 aromatic rings. The predicted molar refractivity (Wildman–Crippen MR) is 121 cm³/mol. The van der Waals surface area contributed by atoms with Gasteiger partial charge in [-0.25, -0.2) is 4.90 Å². The topological polar surface area (TPSA) is 57.7 Å². The highest BCUT2D eigenvalue weighted by molar-refractivity contribution is 6.25. The second kappa shape index (κ2) is 6.64. The summed E-state index contributed by atoms with van der Waals surface area (Å²) in [4.78, 5) is 44.3. The Morgan fingerprint density at radius 2 is 1.55 bits per heavy atom. The molecule has 31 heavy (non-hydrogen) atoms. The number of nitrogens with zero attached hydrogens (tertiary/aromatic N) is 2. The molecule has 3 aliphatic rings. The van der Waals surface area contributed by atoms with Gasteiger partial charge in [0.2, 0.25) is 11.8 Å². The summed E-state index contributed by atoms with van der Waals surface area (Å²) in [6.45, 7) is 7.60. The molecule has 0 unspecified atom stereocenters. The van der Waals surface area contributed by atoms with Gasteiger partial charge < -0.3 is 4.90 Å². The molecule has 2 aromatic carbocycles. The summed E-state index contributed by atoms with van der Waals surface area (Å²) in [6.07, 6.45) is 3.99. The average molecular weight is 415 g/mol. The Labute approximate surface area is 182 Å². The van der Waals surface area contributed by atoms with Gasteiger partial charge in [0, 0.05) is 11.1 Å². The van der Waals surface area contributed by atoms with E-state index in [2.05, 4.69) is 0 Å². The zero-order valence-corrected chi connectivity index (χ0v) is 18.2. The number of imide groups is 1. The number of amides is 2. The smallest absolute Gasteiger partial charge is 0.240 e. The van der Waals surface area contributed by atoms with Gasteiger partial charge >= 0.3 is 0 Å². The zero-order chi connectivity index (χ0) is 22.1. The van der Waals surface area contributed by atoms with Crippen LogP contribution in [-0.4, -0.2) is 29.7 Å². The lowest BCUT2D eigenvalue weighted by Crippen LogP contribution is -2.51. The van der Waals surface area contributed by atoms with Gasteiger partial charge in [0.15, 0.2) is 5.78 Å². The third-order valence-electron chi connectivity index (χ3n) is 6.71. The van der Waals surface area contributed by atoms with Crippen LogP contribution in [0, 0.1) is 24.2 Å². The molecule has 0 N–H and O–H groups in total. The third-order valence-corrected chi connectivity index (χ3v) is 6.71. The van der Waals surface area contributed by atoms with E-state index >= 15 is 0 Å². The quantitative estimate of drug-likeness (QED) is 0.697. The second-order valence-corrected chi connectivity index (χ2v) is 9.77. The number of para-hydroxylation sites is 1. The molecule has 2 fully saturated rings. The predicted octanol–water partition coefficient (Wildman–Crippen LogP) is 4.00. The molecule has 3 heterocycles. The first kappa shape index (κ1) is 19.7. The van der Waals surface area contributed by atoms with Crippen LogP contribution in [0.2, 0.25) is 0 Å². The largest absolute Gasteiger partial charge is 0.353 e. The minimum atomic E-state index is -0.693. The molecule has 0 aromatic heterocycles. The Bertz CT molecular complexity index is 1130. The highest BCUT2D eigenvalue weighted by Crippen LogP contribution is 2.50. The number of rotatable bonds is 2. The van der Waals surface area contributed by atoms with E-state index in [1.807, 2.05) is 81.1 Å². The fourth-order valence-electron chi connectivity index (χ4n) is 5.21. The van der Waals surface area contributed by atoms with Crippen molar-refractivity contribution in [2.24, 2.45) is 17.3 Å². The summed E-state index contributed by atoms with van der Waals surface area (Å²) >= 11 is 0. The molecule has 0 radical (unpaired) electrons. The van der Waals surface area contributed by atoms with Gasteiger partial charge in [0.05, 0.1) is 23.6 Å². The van der Waals surface area contributed by atoms with Crippen molar-refractivity contribution in [1.82, 2.24) is 0 Å². The number of hydrogen-bond acceptors (Lipinski definition) is 4. The van der Waals surface area contributed by atoms with E-state index in [9.17, 15) is 14.4 Å². The molecule has 4 atom stereocenters. The van der Waals surface area contributed by atoms with Crippen molar-refractivity contribution in [3.05, 3.63) is 65.7 Å². The molecule has 0 spiro atoms. The van der Waals surface area contributed by atoms with Gasteiger partial charge in [-0.05, 0) is 30.7 Å². The number of carbonyl (C=O) groups excluding carboxylic acids is 3. The molecule has 0 bridgehead atoms. The molecule has 2 amide bonds. The number of hydrogen-bond donors (Lipinski definition) is 0. The van der Waals surface area contributed by atoms with Crippen molar-refractivity contribution in [3.63, 3.8) is 0 Å². The number of ketones is 1. The van der Waals surface area contributed by atoms with Crippen LogP contribution in [0.4, 0.5) is 11.4 Å². The Morgan fingerprint density at radius 1 is 0.903 bits per heavy atom. The number of benzene rings is 2. The van der Waals surface area contributed by atoms with E-state index < -0.39 is 23.3 Å². The van der Waals surface area contributed by atoms with Crippen molar-refractivity contribution in [2.75, 3.05) is 9.80 Å². The fourth-order valence-corrected chi connectivity index (χ4v) is 5.21. The molecule has 5 nitrogen and oxygen atoms in total. The summed E-state index contributed by atoms with van der Waals surface area (Å²) in [6, 6.07) is 14.3. The monoisotopic (exact) mass is 414 g/mol. The number of carbonyl (C=O) groups is 3. The van der Waals surface area contributed by atoms with Gasteiger partial charge in [-0.3, -0.25) is 14.4 Å². The Kier molecular flexibility index (Phi) is 4.23. The highest BCUT2D eigenvalue weighted by Gasteiger charge is 2.64. The number of aryl methyl sites for hydroxylation is 1. The van der Waals surface area contributed by atoms with Gasteiger partial charge in [-0.1, -0.05) is 68.8 Å². The van der Waals surface area contributed by atoms with Crippen LogP contribution < -0.4 is 9.80 Å². The molecular formula is C26H26N2O3. The van der Waals surface area contributed by atoms with E-state index in [1.165, 1.54) is 4.90 Å². The molecule has 0 saturated carbocycles. The fraction of sp³-hybridized carbons (Fsp3) is 0.346. The van der Waals surface area contributed by atoms with Crippen molar-refractivity contribution in [3.8, 4) is 0 Å². The lowest BCUT2D eigenvalue weighted by molar-refractivity contribution is -0.132. The van der Waals surface area contributed by atoms with Gasteiger partial charge in [-0.2, -0.15) is 0 Å². The van der Waals surface area contributed by atoms with Crippen LogP contribution in [0.25, 0.3) is 6.08 Å². The lowest BCUT2D eigenvalue weighted by Gasteiger charge is -2.38. The summed E-state index contributed by atoms with van der Waals surface area (Å²) in [5.41, 5.74) is 2.90. The van der Waals surface area contributed by atoms with Gasteiger partial charge in [0.25, 0.3) is 0 Å². The van der Waals surface area contributed by atoms with Crippen LogP contribution in [-0.2, 0) is 14.4 Å². The number of fused-ring (bicyclic) bond motifs is 5. The minimum Gasteiger partial charge on any atom is -0.353 e. The van der Waals surface area contributed by atoms with E-state index in [1.54, 1.807) is 12.1 Å². The maximum Gasteiger partial charge on any atom is 0.240 e. The summed E-state index contributed by atoms with van der Waals surface area (Å²) < 4.78 is 0. The summed E-state index contributed by atoms with van der Waals surface area (Å²) in [5.74, 6) is -1.78. The maximum atomic E-state index is 13.7. The lowest BCUT2D eigenvalue weighted by atomic mass is 9.79. The normalized spacial score (nSPS) is 26.7. The van der Waals surface area contributed by atoms with Crippen LogP contribution in [0.15, 0.2) is 54.6 Å². The van der Waals surface area contributed by atoms with Gasteiger partial charge in [-0.15, -0.1) is 0 Å².